The van der Waals surface area contributed by atoms with Gasteiger partial charge < -0.3 is 4.90 Å². The normalized spacial score (nSPS) is 11.3. The zero-order chi connectivity index (χ0) is 13.3. The Morgan fingerprint density at radius 2 is 2.28 bits per heavy atom. The number of aromatic nitrogens is 2. The summed E-state index contributed by atoms with van der Waals surface area (Å²) in [7, 11) is 3.71. The average molecular weight is 329 g/mol. The summed E-state index contributed by atoms with van der Waals surface area (Å²) in [5.41, 5.74) is 1.15. The Balaban J connectivity index is 2.49. The van der Waals surface area contributed by atoms with Gasteiger partial charge in [-0.25, -0.2) is 4.98 Å². The number of allylic oxidation sites excluding steroid dienone is 1. The molecule has 0 aliphatic rings. The zero-order valence-electron chi connectivity index (χ0n) is 9.89. The third-order valence-corrected chi connectivity index (χ3v) is 3.09. The molecule has 0 atom stereocenters. The molecule has 0 aliphatic carbocycles. The smallest absolute Gasteiger partial charge is 0.205 e. The van der Waals surface area contributed by atoms with Gasteiger partial charge in [-0.1, -0.05) is 11.6 Å². The molecule has 6 heteroatoms. The number of nitrogens with zero attached hydrogens (tertiary/aromatic N) is 3. The molecule has 0 spiro atoms. The summed E-state index contributed by atoms with van der Waals surface area (Å²) >= 11 is 9.34. The summed E-state index contributed by atoms with van der Waals surface area (Å²) in [6.45, 7) is 0. The fourth-order valence-electron chi connectivity index (χ4n) is 1.50. The maximum Gasteiger partial charge on any atom is 0.205 e. The second-order valence-corrected chi connectivity index (χ2v) is 5.28. The molecule has 0 saturated heterocycles. The number of halogens is 2. The van der Waals surface area contributed by atoms with Crippen molar-refractivity contribution in [3.63, 3.8) is 0 Å². The summed E-state index contributed by atoms with van der Waals surface area (Å²) in [6.07, 6.45) is 6.41. The summed E-state index contributed by atoms with van der Waals surface area (Å²) < 4.78 is 2.43. The number of hydrogen-bond acceptors (Lipinski definition) is 3. The fourth-order valence-corrected chi connectivity index (χ4v) is 2.38. The average Bonchev–Trinajstić information content (AvgIpc) is 2.69. The van der Waals surface area contributed by atoms with Crippen LogP contribution in [-0.4, -0.2) is 34.2 Å². The molecule has 4 nitrogen and oxygen atoms in total. The van der Waals surface area contributed by atoms with E-state index in [0.29, 0.717) is 16.4 Å². The van der Waals surface area contributed by atoms with E-state index in [1.165, 1.54) is 6.08 Å². The first kappa shape index (κ1) is 13.1. The Hall–Kier alpha value is -1.33. The van der Waals surface area contributed by atoms with Crippen LogP contribution in [0.3, 0.4) is 0 Å². The van der Waals surface area contributed by atoms with Crippen LogP contribution in [0.2, 0.25) is 5.02 Å². The number of fused-ring (bicyclic) bond motifs is 1. The molecule has 2 heterocycles. The van der Waals surface area contributed by atoms with Gasteiger partial charge in [-0.15, -0.1) is 0 Å². The Morgan fingerprint density at radius 1 is 1.56 bits per heavy atom. The monoisotopic (exact) mass is 327 g/mol. The molecule has 2 aromatic heterocycles. The van der Waals surface area contributed by atoms with Gasteiger partial charge in [0, 0.05) is 32.6 Å². The quantitative estimate of drug-likeness (QED) is 0.642. The van der Waals surface area contributed by atoms with Crippen LogP contribution in [0.15, 0.2) is 35.2 Å². The lowest BCUT2D eigenvalue weighted by Crippen LogP contribution is -2.05. The molecule has 2 aromatic rings. The molecule has 0 bridgehead atoms. The standard InChI is InChI=1S/C12H11BrClN3O/c1-16(2)4-3-11(18)10-6-15-12-9(13)5-8(14)7-17(10)12/h3-7H,1-2H3. The van der Waals surface area contributed by atoms with Gasteiger partial charge in [-0.3, -0.25) is 9.20 Å². The first-order valence-electron chi connectivity index (χ1n) is 5.20. The van der Waals surface area contributed by atoms with E-state index < -0.39 is 0 Å². The van der Waals surface area contributed by atoms with Crippen molar-refractivity contribution in [1.29, 1.82) is 0 Å². The van der Waals surface area contributed by atoms with Crippen LogP contribution in [0.1, 0.15) is 10.5 Å². The summed E-state index contributed by atoms with van der Waals surface area (Å²) in [6, 6.07) is 1.74. The van der Waals surface area contributed by atoms with Gasteiger partial charge in [0.1, 0.15) is 5.69 Å². The van der Waals surface area contributed by atoms with E-state index >= 15 is 0 Å². The van der Waals surface area contributed by atoms with Gasteiger partial charge in [-0.05, 0) is 22.0 Å². The highest BCUT2D eigenvalue weighted by molar-refractivity contribution is 9.10. The van der Waals surface area contributed by atoms with E-state index in [9.17, 15) is 4.79 Å². The minimum Gasteiger partial charge on any atom is -0.383 e. The number of carbonyl (C=O) groups is 1. The first-order valence-corrected chi connectivity index (χ1v) is 6.37. The van der Waals surface area contributed by atoms with E-state index in [1.807, 2.05) is 14.1 Å². The van der Waals surface area contributed by atoms with Crippen LogP contribution in [0.25, 0.3) is 5.65 Å². The van der Waals surface area contributed by atoms with E-state index in [1.54, 1.807) is 34.0 Å². The van der Waals surface area contributed by atoms with E-state index in [2.05, 4.69) is 20.9 Å². The van der Waals surface area contributed by atoms with Crippen molar-refractivity contribution in [2.24, 2.45) is 0 Å². The van der Waals surface area contributed by atoms with E-state index in [0.717, 1.165) is 4.47 Å². The molecule has 0 radical (unpaired) electrons. The van der Waals surface area contributed by atoms with Crippen molar-refractivity contribution >= 4 is 39.0 Å². The number of ketones is 1. The molecule has 94 valence electrons. The molecular formula is C12H11BrClN3O. The highest BCUT2D eigenvalue weighted by Crippen LogP contribution is 2.23. The fraction of sp³-hybridized carbons (Fsp3) is 0.167. The van der Waals surface area contributed by atoms with Crippen molar-refractivity contribution in [2.45, 2.75) is 0 Å². The van der Waals surface area contributed by atoms with Gasteiger partial charge in [0.2, 0.25) is 5.78 Å². The minimum absolute atomic E-state index is 0.120. The molecule has 18 heavy (non-hydrogen) atoms. The Labute approximate surface area is 118 Å². The number of carbonyl (C=O) groups excluding carboxylic acids is 1. The van der Waals surface area contributed by atoms with Gasteiger partial charge in [0.05, 0.1) is 15.7 Å². The lowest BCUT2D eigenvalue weighted by atomic mass is 10.3. The van der Waals surface area contributed by atoms with Crippen molar-refractivity contribution in [2.75, 3.05) is 14.1 Å². The SMILES string of the molecule is CN(C)C=CC(=O)c1cnc2c(Br)cc(Cl)cn12. The van der Waals surface area contributed by atoms with Crippen LogP contribution < -0.4 is 0 Å². The number of rotatable bonds is 3. The molecule has 0 unspecified atom stereocenters. The lowest BCUT2D eigenvalue weighted by Gasteiger charge is -2.03. The maximum atomic E-state index is 12.0. The Bertz CT molecular complexity index is 634. The molecule has 0 fully saturated rings. The van der Waals surface area contributed by atoms with Crippen LogP contribution in [-0.2, 0) is 0 Å². The molecule has 0 saturated carbocycles. The highest BCUT2D eigenvalue weighted by Gasteiger charge is 2.12. The van der Waals surface area contributed by atoms with Crippen LogP contribution in [0, 0.1) is 0 Å². The highest BCUT2D eigenvalue weighted by atomic mass is 79.9. The second-order valence-electron chi connectivity index (χ2n) is 3.99. The van der Waals surface area contributed by atoms with Gasteiger partial charge in [0.15, 0.2) is 5.65 Å². The minimum atomic E-state index is -0.120. The summed E-state index contributed by atoms with van der Waals surface area (Å²) in [5, 5.41) is 0.540. The van der Waals surface area contributed by atoms with Crippen molar-refractivity contribution in [3.05, 3.63) is 45.9 Å². The molecule has 2 rings (SSSR count). The van der Waals surface area contributed by atoms with Crippen LogP contribution in [0.5, 0.6) is 0 Å². The molecule has 0 amide bonds. The predicted molar refractivity (Wildman–Crippen MR) is 75.1 cm³/mol. The third kappa shape index (κ3) is 2.57. The Morgan fingerprint density at radius 3 is 2.94 bits per heavy atom. The van der Waals surface area contributed by atoms with Gasteiger partial charge in [0.25, 0.3) is 0 Å². The molecule has 0 aromatic carbocycles. The summed E-state index contributed by atoms with van der Waals surface area (Å²) in [5.74, 6) is -0.120. The predicted octanol–water partition coefficient (Wildman–Crippen LogP) is 3.01. The van der Waals surface area contributed by atoms with Gasteiger partial charge in [-0.2, -0.15) is 0 Å². The van der Waals surface area contributed by atoms with Crippen molar-refractivity contribution < 1.29 is 4.79 Å². The number of pyridine rings is 1. The van der Waals surface area contributed by atoms with Crippen LogP contribution in [0.4, 0.5) is 0 Å². The topological polar surface area (TPSA) is 37.6 Å². The van der Waals surface area contributed by atoms with E-state index in [-0.39, 0.29) is 5.78 Å². The molecule has 0 aliphatic heterocycles. The lowest BCUT2D eigenvalue weighted by molar-refractivity contribution is 0.104. The zero-order valence-corrected chi connectivity index (χ0v) is 12.2. The van der Waals surface area contributed by atoms with E-state index in [4.69, 9.17) is 11.6 Å². The van der Waals surface area contributed by atoms with Gasteiger partial charge >= 0.3 is 0 Å². The van der Waals surface area contributed by atoms with Crippen molar-refractivity contribution in [3.8, 4) is 0 Å². The maximum absolute atomic E-state index is 12.0. The first-order chi connectivity index (χ1) is 8.49. The molecular weight excluding hydrogens is 318 g/mol. The number of hydrogen-bond donors (Lipinski definition) is 0. The Kier molecular flexibility index (Phi) is 3.73. The molecule has 0 N–H and O–H groups in total. The largest absolute Gasteiger partial charge is 0.383 e. The third-order valence-electron chi connectivity index (χ3n) is 2.30. The number of imidazole rings is 1. The van der Waals surface area contributed by atoms with Crippen molar-refractivity contribution in [1.82, 2.24) is 14.3 Å². The van der Waals surface area contributed by atoms with Crippen LogP contribution >= 0.6 is 27.5 Å². The summed E-state index contributed by atoms with van der Waals surface area (Å²) in [4.78, 5) is 18.0. The second kappa shape index (κ2) is 5.12.